The highest BCUT2D eigenvalue weighted by Gasteiger charge is 2.24. The zero-order valence-corrected chi connectivity index (χ0v) is 17.0. The number of carbonyl (C=O) groups excluding carboxylic acids is 1. The Kier molecular flexibility index (Phi) is 5.05. The van der Waals surface area contributed by atoms with Gasteiger partial charge in [-0.25, -0.2) is 9.97 Å². The Morgan fingerprint density at radius 3 is 2.52 bits per heavy atom. The Hall–Kier alpha value is -3.22. The van der Waals surface area contributed by atoms with E-state index >= 15 is 0 Å². The molecule has 0 radical (unpaired) electrons. The number of pyridine rings is 1. The second kappa shape index (κ2) is 7.66. The number of hydrogen-bond acceptors (Lipinski definition) is 5. The highest BCUT2D eigenvalue weighted by Crippen LogP contribution is 2.19. The first-order chi connectivity index (χ1) is 13.9. The molecule has 3 heterocycles. The van der Waals surface area contributed by atoms with E-state index in [2.05, 4.69) is 28.7 Å². The number of hydrogen-bond donors (Lipinski definition) is 1. The molecule has 0 saturated carbocycles. The lowest BCUT2D eigenvalue weighted by Gasteiger charge is -2.35. The molecule has 1 aliphatic heterocycles. The van der Waals surface area contributed by atoms with Crippen molar-refractivity contribution in [1.29, 1.82) is 0 Å². The minimum Gasteiger partial charge on any atom is -0.353 e. The molecule has 2 aromatic heterocycles. The summed E-state index contributed by atoms with van der Waals surface area (Å²) >= 11 is 0. The number of aromatic nitrogens is 3. The molecule has 0 atom stereocenters. The molecule has 1 saturated heterocycles. The molecule has 1 N–H and O–H groups in total. The van der Waals surface area contributed by atoms with Crippen LogP contribution < -0.4 is 10.5 Å². The Bertz CT molecular complexity index is 1110. The average Bonchev–Trinajstić information content (AvgIpc) is 2.73. The highest BCUT2D eigenvalue weighted by molar-refractivity contribution is 5.96. The van der Waals surface area contributed by atoms with Crippen LogP contribution in [0.15, 0.2) is 41.2 Å². The molecule has 7 heteroatoms. The predicted molar refractivity (Wildman–Crippen MR) is 114 cm³/mol. The molecule has 3 aromatic rings. The smallest absolute Gasteiger partial charge is 0.270 e. The van der Waals surface area contributed by atoms with E-state index < -0.39 is 0 Å². The number of nitrogens with one attached hydrogen (secondary N) is 1. The van der Waals surface area contributed by atoms with Crippen molar-refractivity contribution >= 4 is 22.5 Å². The van der Waals surface area contributed by atoms with Crippen LogP contribution in [-0.4, -0.2) is 51.9 Å². The van der Waals surface area contributed by atoms with Gasteiger partial charge in [-0.1, -0.05) is 32.0 Å². The number of H-pyrrole nitrogens is 1. The molecular weight excluding hydrogens is 366 g/mol. The molecule has 1 amide bonds. The van der Waals surface area contributed by atoms with Gasteiger partial charge in [-0.15, -0.1) is 0 Å². The van der Waals surface area contributed by atoms with Crippen molar-refractivity contribution < 1.29 is 4.79 Å². The third-order valence-corrected chi connectivity index (χ3v) is 5.25. The minimum absolute atomic E-state index is 0.144. The Morgan fingerprint density at radius 2 is 1.79 bits per heavy atom. The van der Waals surface area contributed by atoms with E-state index in [1.807, 2.05) is 31.2 Å². The van der Waals surface area contributed by atoms with Gasteiger partial charge < -0.3 is 14.8 Å². The Balaban J connectivity index is 1.50. The summed E-state index contributed by atoms with van der Waals surface area (Å²) in [7, 11) is 0. The van der Waals surface area contributed by atoms with E-state index in [-0.39, 0.29) is 17.4 Å². The van der Waals surface area contributed by atoms with Crippen LogP contribution >= 0.6 is 0 Å². The summed E-state index contributed by atoms with van der Waals surface area (Å²) in [5.41, 5.74) is 1.05. The van der Waals surface area contributed by atoms with Crippen molar-refractivity contribution in [2.24, 2.45) is 0 Å². The van der Waals surface area contributed by atoms with Crippen molar-refractivity contribution in [3.63, 3.8) is 0 Å². The first-order valence-corrected chi connectivity index (χ1v) is 9.94. The number of aromatic amines is 1. The summed E-state index contributed by atoms with van der Waals surface area (Å²) < 4.78 is 0. The fraction of sp³-hybridized carbons (Fsp3) is 0.364. The minimum atomic E-state index is -0.234. The SMILES string of the molecule is Cc1cc(N2CCN(C(=O)c3cc4ccccc4c(=O)[nH]3)CC2)nc(C(C)C)n1. The molecule has 29 heavy (non-hydrogen) atoms. The fourth-order valence-electron chi connectivity index (χ4n) is 3.63. The normalized spacial score (nSPS) is 14.6. The molecule has 4 rings (SSSR count). The van der Waals surface area contributed by atoms with Gasteiger partial charge in [-0.05, 0) is 24.4 Å². The molecule has 1 aliphatic rings. The largest absolute Gasteiger partial charge is 0.353 e. The maximum absolute atomic E-state index is 12.9. The van der Waals surface area contributed by atoms with Crippen LogP contribution in [0.3, 0.4) is 0 Å². The highest BCUT2D eigenvalue weighted by atomic mass is 16.2. The first kappa shape index (κ1) is 19.1. The van der Waals surface area contributed by atoms with Crippen LogP contribution in [0.2, 0.25) is 0 Å². The van der Waals surface area contributed by atoms with Gasteiger partial charge in [0.25, 0.3) is 11.5 Å². The van der Waals surface area contributed by atoms with Gasteiger partial charge in [0.15, 0.2) is 0 Å². The van der Waals surface area contributed by atoms with Gasteiger partial charge in [-0.2, -0.15) is 0 Å². The van der Waals surface area contributed by atoms with Crippen molar-refractivity contribution in [3.8, 4) is 0 Å². The van der Waals surface area contributed by atoms with Gasteiger partial charge in [-0.3, -0.25) is 9.59 Å². The maximum Gasteiger partial charge on any atom is 0.270 e. The number of rotatable bonds is 3. The van der Waals surface area contributed by atoms with Gasteiger partial charge in [0.1, 0.15) is 17.3 Å². The third kappa shape index (κ3) is 3.85. The van der Waals surface area contributed by atoms with Crippen molar-refractivity contribution in [3.05, 3.63) is 64.0 Å². The van der Waals surface area contributed by atoms with Crippen molar-refractivity contribution in [1.82, 2.24) is 19.9 Å². The molecular formula is C22H25N5O2. The molecule has 1 aromatic carbocycles. The summed E-state index contributed by atoms with van der Waals surface area (Å²) in [6.07, 6.45) is 0. The number of anilines is 1. The average molecular weight is 391 g/mol. The second-order valence-electron chi connectivity index (χ2n) is 7.76. The summed E-state index contributed by atoms with van der Waals surface area (Å²) in [6.45, 7) is 8.68. The van der Waals surface area contributed by atoms with E-state index in [1.54, 1.807) is 17.0 Å². The number of nitrogens with zero attached hydrogens (tertiary/aromatic N) is 4. The second-order valence-corrected chi connectivity index (χ2v) is 7.76. The number of aryl methyl sites for hydroxylation is 1. The molecule has 0 aliphatic carbocycles. The van der Waals surface area contributed by atoms with Crippen LogP contribution in [0, 0.1) is 6.92 Å². The number of fused-ring (bicyclic) bond motifs is 1. The Morgan fingerprint density at radius 1 is 1.07 bits per heavy atom. The molecule has 1 fully saturated rings. The third-order valence-electron chi connectivity index (χ3n) is 5.25. The lowest BCUT2D eigenvalue weighted by atomic mass is 10.1. The molecule has 0 unspecified atom stereocenters. The number of amides is 1. The van der Waals surface area contributed by atoms with Crippen LogP contribution in [0.4, 0.5) is 5.82 Å². The predicted octanol–water partition coefficient (Wildman–Crippen LogP) is 2.71. The van der Waals surface area contributed by atoms with Gasteiger partial charge in [0, 0.05) is 49.2 Å². The van der Waals surface area contributed by atoms with Gasteiger partial charge in [0.2, 0.25) is 0 Å². The first-order valence-electron chi connectivity index (χ1n) is 9.94. The van der Waals surface area contributed by atoms with Gasteiger partial charge >= 0.3 is 0 Å². The number of carbonyl (C=O) groups is 1. The summed E-state index contributed by atoms with van der Waals surface area (Å²) in [5.74, 6) is 1.87. The van der Waals surface area contributed by atoms with Crippen LogP contribution in [-0.2, 0) is 0 Å². The number of benzene rings is 1. The van der Waals surface area contributed by atoms with E-state index in [4.69, 9.17) is 4.98 Å². The number of piperazine rings is 1. The molecule has 0 bridgehead atoms. The fourth-order valence-corrected chi connectivity index (χ4v) is 3.63. The molecule has 150 valence electrons. The van der Waals surface area contributed by atoms with E-state index in [0.29, 0.717) is 37.3 Å². The van der Waals surface area contributed by atoms with Gasteiger partial charge in [0.05, 0.1) is 0 Å². The Labute approximate surface area is 169 Å². The van der Waals surface area contributed by atoms with Crippen molar-refractivity contribution in [2.75, 3.05) is 31.1 Å². The van der Waals surface area contributed by atoms with E-state index in [1.165, 1.54) is 0 Å². The van der Waals surface area contributed by atoms with Crippen LogP contribution in [0.5, 0.6) is 0 Å². The standard InChI is InChI=1S/C22H25N5O2/c1-14(2)20-23-15(3)12-19(25-20)26-8-10-27(11-9-26)22(29)18-13-16-6-4-5-7-17(16)21(28)24-18/h4-7,12-14H,8-11H2,1-3H3,(H,24,28). The molecule has 7 nitrogen and oxygen atoms in total. The zero-order valence-electron chi connectivity index (χ0n) is 17.0. The maximum atomic E-state index is 12.9. The summed E-state index contributed by atoms with van der Waals surface area (Å²) in [4.78, 5) is 41.2. The quantitative estimate of drug-likeness (QED) is 0.742. The van der Waals surface area contributed by atoms with Crippen LogP contribution in [0.25, 0.3) is 10.8 Å². The molecule has 0 spiro atoms. The lowest BCUT2D eigenvalue weighted by Crippen LogP contribution is -2.49. The zero-order chi connectivity index (χ0) is 20.5. The topological polar surface area (TPSA) is 82.2 Å². The van der Waals surface area contributed by atoms with Crippen molar-refractivity contribution in [2.45, 2.75) is 26.7 Å². The van der Waals surface area contributed by atoms with E-state index in [0.717, 1.165) is 22.7 Å². The van der Waals surface area contributed by atoms with Crippen LogP contribution in [0.1, 0.15) is 41.8 Å². The summed E-state index contributed by atoms with van der Waals surface area (Å²) in [5, 5.41) is 1.37. The van der Waals surface area contributed by atoms with E-state index in [9.17, 15) is 9.59 Å². The monoisotopic (exact) mass is 391 g/mol. The lowest BCUT2D eigenvalue weighted by molar-refractivity contribution is 0.0740. The summed E-state index contributed by atoms with van der Waals surface area (Å²) in [6, 6.07) is 11.0.